The minimum absolute atomic E-state index is 0.00791. The standard InChI is InChI=1S/C15H11Cl2FN2O2/c1-8(21)19-14-7-10(3-5-12(14)16)20-15(22)11-4-2-9(18)6-13(11)17/h2-7H,1H3,(H,19,21)(H,20,22). The summed E-state index contributed by atoms with van der Waals surface area (Å²) in [5.41, 5.74) is 0.926. The van der Waals surface area contributed by atoms with Gasteiger partial charge in [0, 0.05) is 12.6 Å². The fourth-order valence-corrected chi connectivity index (χ4v) is 2.18. The van der Waals surface area contributed by atoms with E-state index < -0.39 is 11.7 Å². The van der Waals surface area contributed by atoms with Gasteiger partial charge in [-0.1, -0.05) is 23.2 Å². The fourth-order valence-electron chi connectivity index (χ4n) is 1.76. The quantitative estimate of drug-likeness (QED) is 0.872. The van der Waals surface area contributed by atoms with Gasteiger partial charge in [-0.15, -0.1) is 0 Å². The smallest absolute Gasteiger partial charge is 0.257 e. The van der Waals surface area contributed by atoms with E-state index in [1.54, 1.807) is 6.07 Å². The zero-order valence-corrected chi connectivity index (χ0v) is 12.9. The normalized spacial score (nSPS) is 10.2. The van der Waals surface area contributed by atoms with Gasteiger partial charge in [0.15, 0.2) is 0 Å². The Morgan fingerprint density at radius 2 is 1.73 bits per heavy atom. The highest BCUT2D eigenvalue weighted by Crippen LogP contribution is 2.26. The van der Waals surface area contributed by atoms with E-state index in [0.717, 1.165) is 12.1 Å². The highest BCUT2D eigenvalue weighted by atomic mass is 35.5. The molecule has 0 aromatic heterocycles. The van der Waals surface area contributed by atoms with Gasteiger partial charge in [-0.25, -0.2) is 4.39 Å². The maximum absolute atomic E-state index is 13.0. The van der Waals surface area contributed by atoms with Crippen molar-refractivity contribution in [3.05, 3.63) is 57.8 Å². The van der Waals surface area contributed by atoms with Crippen molar-refractivity contribution in [3.63, 3.8) is 0 Å². The van der Waals surface area contributed by atoms with Crippen LogP contribution in [0.15, 0.2) is 36.4 Å². The highest BCUT2D eigenvalue weighted by Gasteiger charge is 2.12. The van der Waals surface area contributed by atoms with E-state index in [0.29, 0.717) is 16.4 Å². The molecule has 0 saturated heterocycles. The molecule has 0 aliphatic rings. The molecule has 0 aliphatic carbocycles. The Kier molecular flexibility index (Phi) is 5.00. The van der Waals surface area contributed by atoms with Crippen molar-refractivity contribution >= 4 is 46.4 Å². The summed E-state index contributed by atoms with van der Waals surface area (Å²) < 4.78 is 13.0. The van der Waals surface area contributed by atoms with Gasteiger partial charge in [0.25, 0.3) is 5.91 Å². The molecule has 0 aliphatic heterocycles. The van der Waals surface area contributed by atoms with Crippen LogP contribution in [0, 0.1) is 5.82 Å². The lowest BCUT2D eigenvalue weighted by Crippen LogP contribution is -2.13. The van der Waals surface area contributed by atoms with Gasteiger partial charge < -0.3 is 10.6 Å². The predicted molar refractivity (Wildman–Crippen MR) is 85.1 cm³/mol. The summed E-state index contributed by atoms with van der Waals surface area (Å²) in [6, 6.07) is 8.11. The zero-order chi connectivity index (χ0) is 16.3. The van der Waals surface area contributed by atoms with E-state index in [4.69, 9.17) is 23.2 Å². The summed E-state index contributed by atoms with van der Waals surface area (Å²) in [7, 11) is 0. The first kappa shape index (κ1) is 16.3. The van der Waals surface area contributed by atoms with E-state index >= 15 is 0 Å². The first-order chi connectivity index (χ1) is 10.4. The van der Waals surface area contributed by atoms with Gasteiger partial charge in [-0.3, -0.25) is 9.59 Å². The lowest BCUT2D eigenvalue weighted by atomic mass is 10.2. The van der Waals surface area contributed by atoms with E-state index in [9.17, 15) is 14.0 Å². The fraction of sp³-hybridized carbons (Fsp3) is 0.0667. The maximum Gasteiger partial charge on any atom is 0.257 e. The van der Waals surface area contributed by atoms with Crippen LogP contribution in [-0.4, -0.2) is 11.8 Å². The Balaban J connectivity index is 2.23. The van der Waals surface area contributed by atoms with Crippen molar-refractivity contribution in [2.75, 3.05) is 10.6 Å². The Morgan fingerprint density at radius 1 is 1.00 bits per heavy atom. The monoisotopic (exact) mass is 340 g/mol. The molecule has 0 heterocycles. The largest absolute Gasteiger partial charge is 0.325 e. The van der Waals surface area contributed by atoms with Gasteiger partial charge in [0.2, 0.25) is 5.91 Å². The molecule has 0 bridgehead atoms. The molecule has 2 rings (SSSR count). The minimum atomic E-state index is -0.527. The zero-order valence-electron chi connectivity index (χ0n) is 11.4. The first-order valence-corrected chi connectivity index (χ1v) is 6.96. The molecule has 2 aromatic rings. The molecular weight excluding hydrogens is 330 g/mol. The van der Waals surface area contributed by atoms with Crippen LogP contribution in [0.25, 0.3) is 0 Å². The van der Waals surface area contributed by atoms with Gasteiger partial charge in [0.1, 0.15) is 5.82 Å². The average molecular weight is 341 g/mol. The molecule has 0 atom stereocenters. The van der Waals surface area contributed by atoms with Gasteiger partial charge in [0.05, 0.1) is 21.3 Å². The number of carbonyl (C=O) groups is 2. The van der Waals surface area contributed by atoms with Crippen LogP contribution in [0.5, 0.6) is 0 Å². The second-order valence-corrected chi connectivity index (χ2v) is 5.27. The molecule has 2 N–H and O–H groups in total. The number of rotatable bonds is 3. The van der Waals surface area contributed by atoms with Crippen molar-refractivity contribution < 1.29 is 14.0 Å². The summed E-state index contributed by atoms with van der Waals surface area (Å²) in [4.78, 5) is 23.2. The number of anilines is 2. The van der Waals surface area contributed by atoms with Crippen molar-refractivity contribution in [3.8, 4) is 0 Å². The second kappa shape index (κ2) is 6.77. The number of nitrogens with one attached hydrogen (secondary N) is 2. The number of carbonyl (C=O) groups excluding carboxylic acids is 2. The third-order valence-electron chi connectivity index (χ3n) is 2.71. The summed E-state index contributed by atoms with van der Waals surface area (Å²) in [6.07, 6.45) is 0. The summed E-state index contributed by atoms with van der Waals surface area (Å²) >= 11 is 11.8. The van der Waals surface area contributed by atoms with Crippen molar-refractivity contribution in [1.82, 2.24) is 0 Å². The average Bonchev–Trinajstić information content (AvgIpc) is 2.41. The summed E-state index contributed by atoms with van der Waals surface area (Å²) in [5.74, 6) is -1.31. The summed E-state index contributed by atoms with van der Waals surface area (Å²) in [5, 5.41) is 5.50. The van der Waals surface area contributed by atoms with Crippen molar-refractivity contribution in [2.24, 2.45) is 0 Å². The molecule has 0 fully saturated rings. The molecule has 0 saturated carbocycles. The summed E-state index contributed by atoms with van der Waals surface area (Å²) in [6.45, 7) is 1.35. The molecular formula is C15H11Cl2FN2O2. The van der Waals surface area contributed by atoms with Crippen LogP contribution < -0.4 is 10.6 Å². The number of halogens is 3. The van der Waals surface area contributed by atoms with Gasteiger partial charge in [-0.2, -0.15) is 0 Å². The molecule has 114 valence electrons. The Labute approximate surface area is 136 Å². The van der Waals surface area contributed by atoms with E-state index in [1.807, 2.05) is 0 Å². The van der Waals surface area contributed by atoms with Gasteiger partial charge in [-0.05, 0) is 36.4 Å². The lowest BCUT2D eigenvalue weighted by Gasteiger charge is -2.10. The number of amides is 2. The third kappa shape index (κ3) is 3.96. The van der Waals surface area contributed by atoms with Gasteiger partial charge >= 0.3 is 0 Å². The van der Waals surface area contributed by atoms with Crippen LogP contribution >= 0.6 is 23.2 Å². The number of hydrogen-bond donors (Lipinski definition) is 2. The first-order valence-electron chi connectivity index (χ1n) is 6.20. The third-order valence-corrected chi connectivity index (χ3v) is 3.35. The Morgan fingerprint density at radius 3 is 2.36 bits per heavy atom. The van der Waals surface area contributed by atoms with Crippen molar-refractivity contribution in [2.45, 2.75) is 6.92 Å². The molecule has 2 amide bonds. The number of hydrogen-bond acceptors (Lipinski definition) is 2. The van der Waals surface area contributed by atoms with E-state index in [1.165, 1.54) is 25.1 Å². The molecule has 0 spiro atoms. The Hall–Kier alpha value is -2.11. The van der Waals surface area contributed by atoms with Crippen LogP contribution in [0.2, 0.25) is 10.0 Å². The van der Waals surface area contributed by atoms with Crippen molar-refractivity contribution in [1.29, 1.82) is 0 Å². The molecule has 4 nitrogen and oxygen atoms in total. The van der Waals surface area contributed by atoms with Crippen LogP contribution in [0.3, 0.4) is 0 Å². The van der Waals surface area contributed by atoms with E-state index in [2.05, 4.69) is 10.6 Å². The SMILES string of the molecule is CC(=O)Nc1cc(NC(=O)c2ccc(F)cc2Cl)ccc1Cl. The van der Waals surface area contributed by atoms with Crippen LogP contribution in [-0.2, 0) is 4.79 Å². The second-order valence-electron chi connectivity index (χ2n) is 4.45. The molecule has 7 heteroatoms. The minimum Gasteiger partial charge on any atom is -0.325 e. The van der Waals surface area contributed by atoms with Crippen LogP contribution in [0.1, 0.15) is 17.3 Å². The maximum atomic E-state index is 13.0. The topological polar surface area (TPSA) is 58.2 Å². The lowest BCUT2D eigenvalue weighted by molar-refractivity contribution is -0.114. The van der Waals surface area contributed by atoms with Crippen LogP contribution in [0.4, 0.5) is 15.8 Å². The molecule has 2 aromatic carbocycles. The molecule has 0 unspecified atom stereocenters. The Bertz CT molecular complexity index is 750. The number of benzene rings is 2. The van der Waals surface area contributed by atoms with E-state index in [-0.39, 0.29) is 16.5 Å². The highest BCUT2D eigenvalue weighted by molar-refractivity contribution is 6.35. The molecule has 22 heavy (non-hydrogen) atoms. The predicted octanol–water partition coefficient (Wildman–Crippen LogP) is 4.34. The molecule has 0 radical (unpaired) electrons.